The van der Waals surface area contributed by atoms with E-state index in [4.69, 9.17) is 61.6 Å². The highest BCUT2D eigenvalue weighted by molar-refractivity contribution is 5.88. The first-order valence-corrected chi connectivity index (χ1v) is 22.9. The predicted octanol–water partition coefficient (Wildman–Crippen LogP) is -5.77. The van der Waals surface area contributed by atoms with Gasteiger partial charge < -0.3 is 133 Å². The summed E-state index contributed by atoms with van der Waals surface area (Å²) in [6.45, 7) is -5.11. The van der Waals surface area contributed by atoms with Crippen LogP contribution < -0.4 is 18.9 Å². The van der Waals surface area contributed by atoms with Crippen LogP contribution in [0.3, 0.4) is 0 Å². The summed E-state index contributed by atoms with van der Waals surface area (Å²) in [6, 6.07) is 5.38. The molecule has 0 aromatic heterocycles. The van der Waals surface area contributed by atoms with E-state index in [1.165, 1.54) is 64.9 Å². The van der Waals surface area contributed by atoms with E-state index in [0.717, 1.165) is 12.2 Å². The highest BCUT2D eigenvalue weighted by atomic mass is 16.8. The number of methoxy groups -OCH3 is 4. The van der Waals surface area contributed by atoms with E-state index in [-0.39, 0.29) is 40.1 Å². The second-order valence-electron chi connectivity index (χ2n) is 17.2. The van der Waals surface area contributed by atoms with Gasteiger partial charge in [0.15, 0.2) is 48.0 Å². The van der Waals surface area contributed by atoms with Crippen LogP contribution in [0.25, 0.3) is 12.2 Å². The third kappa shape index (κ3) is 12.9. The summed E-state index contributed by atoms with van der Waals surface area (Å²) in [4.78, 5) is 26.5. The van der Waals surface area contributed by atoms with Gasteiger partial charge >= 0.3 is 11.9 Å². The number of aliphatic hydroxyl groups is 12. The van der Waals surface area contributed by atoms with Crippen molar-refractivity contribution in [2.45, 2.75) is 116 Å². The van der Waals surface area contributed by atoms with Gasteiger partial charge in [0.25, 0.3) is 0 Å². The highest BCUT2D eigenvalue weighted by Gasteiger charge is 2.62. The number of rotatable bonds is 21. The lowest BCUT2D eigenvalue weighted by Gasteiger charge is -2.49. The number of carbonyl (C=O) groups is 2. The Labute approximate surface area is 425 Å². The largest absolute Gasteiger partial charge is 0.502 e. The van der Waals surface area contributed by atoms with Crippen molar-refractivity contribution in [2.75, 3.05) is 61.5 Å². The number of aromatic hydroxyl groups is 2. The minimum atomic E-state index is -2.78. The molecule has 4 fully saturated rings. The molecule has 420 valence electrons. The number of benzene rings is 2. The van der Waals surface area contributed by atoms with Crippen molar-refractivity contribution in [1.82, 2.24) is 0 Å². The Hall–Kier alpha value is -5.10. The van der Waals surface area contributed by atoms with E-state index in [0.29, 0.717) is 5.56 Å². The molecule has 0 saturated carbocycles. The molecule has 2 aromatic rings. The third-order valence-corrected chi connectivity index (χ3v) is 12.5. The van der Waals surface area contributed by atoms with Crippen LogP contribution in [0.1, 0.15) is 11.1 Å². The summed E-state index contributed by atoms with van der Waals surface area (Å²) < 4.78 is 71.7. The second kappa shape index (κ2) is 25.8. The molecule has 0 radical (unpaired) electrons. The summed E-state index contributed by atoms with van der Waals surface area (Å²) in [5.41, 5.74) is 0.530. The molecule has 19 atom stereocenters. The molecule has 4 heterocycles. The quantitative estimate of drug-likeness (QED) is 0.0409. The average molecular weight is 1080 g/mol. The predicted molar refractivity (Wildman–Crippen MR) is 242 cm³/mol. The molecule has 4 saturated heterocycles. The monoisotopic (exact) mass is 1080 g/mol. The van der Waals surface area contributed by atoms with Crippen LogP contribution in [0.4, 0.5) is 0 Å². The van der Waals surface area contributed by atoms with E-state index < -0.39 is 161 Å². The highest BCUT2D eigenvalue weighted by Crippen LogP contribution is 2.42. The van der Waals surface area contributed by atoms with E-state index >= 15 is 0 Å². The smallest absolute Gasteiger partial charge is 0.331 e. The molecular formula is C46H62O29. The molecule has 29 heteroatoms. The maximum atomic E-state index is 13.4. The Balaban J connectivity index is 1.28. The molecular weight excluding hydrogens is 1020 g/mol. The molecule has 0 aliphatic carbocycles. The number of carbonyl (C=O) groups excluding carboxylic acids is 2. The van der Waals surface area contributed by atoms with Gasteiger partial charge in [-0.15, -0.1) is 0 Å². The minimum Gasteiger partial charge on any atom is -0.502 e. The van der Waals surface area contributed by atoms with Gasteiger partial charge in [0.2, 0.25) is 17.3 Å². The fourth-order valence-corrected chi connectivity index (χ4v) is 8.44. The number of phenols is 2. The van der Waals surface area contributed by atoms with Crippen molar-refractivity contribution in [1.29, 1.82) is 0 Å². The molecule has 0 unspecified atom stereocenters. The van der Waals surface area contributed by atoms with Gasteiger partial charge in [-0.3, -0.25) is 0 Å². The summed E-state index contributed by atoms with van der Waals surface area (Å²) >= 11 is 0. The van der Waals surface area contributed by atoms with Crippen LogP contribution in [0.15, 0.2) is 36.4 Å². The molecule has 4 aliphatic rings. The maximum absolute atomic E-state index is 13.4. The fourth-order valence-electron chi connectivity index (χ4n) is 8.44. The zero-order valence-electron chi connectivity index (χ0n) is 40.4. The zero-order valence-corrected chi connectivity index (χ0v) is 40.4. The molecule has 2 aromatic carbocycles. The SMILES string of the molecule is COc1cc(/C=C/C(=O)OC[C@H]2O[C@H](O[C@]3(CO)O[C@H](CO)[C@@H](O)[C@@H]3OC(=O)/C=C/c3cc(OC)c(O)c(OC)c3)[C@H](O[C@@H]3O[C@H](CO)[C@@H](O[C@@H]4O[C@H](CO)[C@@H](O)[C@H](O)[C@H]4O)[C@H](O)[C@H]3O)[C@@H](O)[C@@H]2O)cc(OC)c1O. The lowest BCUT2D eigenvalue weighted by Crippen LogP contribution is -2.67. The van der Waals surface area contributed by atoms with Crippen LogP contribution in [-0.4, -0.2) is 261 Å². The Kier molecular flexibility index (Phi) is 20.4. The lowest BCUT2D eigenvalue weighted by molar-refractivity contribution is -0.412. The van der Waals surface area contributed by atoms with E-state index in [2.05, 4.69) is 0 Å². The van der Waals surface area contributed by atoms with Gasteiger partial charge in [0.1, 0.15) is 98.7 Å². The molecule has 75 heavy (non-hydrogen) atoms. The van der Waals surface area contributed by atoms with Gasteiger partial charge in [-0.05, 0) is 47.5 Å². The van der Waals surface area contributed by atoms with Crippen LogP contribution in [0.5, 0.6) is 34.5 Å². The Morgan fingerprint density at radius 1 is 0.533 bits per heavy atom. The molecule has 0 spiro atoms. The molecule has 0 bridgehead atoms. The van der Waals surface area contributed by atoms with Crippen LogP contribution in [-0.2, 0) is 52.2 Å². The summed E-state index contributed by atoms with van der Waals surface area (Å²) in [5, 5.41) is 150. The van der Waals surface area contributed by atoms with Crippen molar-refractivity contribution >= 4 is 24.1 Å². The number of hydrogen-bond donors (Lipinski definition) is 14. The maximum Gasteiger partial charge on any atom is 0.331 e. The molecule has 6 rings (SSSR count). The summed E-state index contributed by atoms with van der Waals surface area (Å²) in [5.74, 6) is -5.81. The lowest BCUT2D eigenvalue weighted by atomic mass is 9.96. The number of aliphatic hydroxyl groups excluding tert-OH is 12. The van der Waals surface area contributed by atoms with E-state index in [9.17, 15) is 81.1 Å². The van der Waals surface area contributed by atoms with Crippen molar-refractivity contribution < 1.29 is 143 Å². The molecule has 0 amide bonds. The first-order chi connectivity index (χ1) is 35.7. The van der Waals surface area contributed by atoms with Crippen LogP contribution in [0, 0.1) is 0 Å². The standard InChI is InChI=1S/C46H62O29/c1-63-20-9-18(10-21(64-2)30(20)53)5-7-28(51)67-16-27-33(56)36(59)41(73-44-39(62)37(60)40(26(15-49)69-44)72-43-38(61)35(58)32(55)24(13-47)68-43)45(70-27)75-46(17-50)42(34(57)25(14-48)74-46)71-29(52)8-6-19-11-22(65-3)31(54)23(12-19)66-4/h5-12,24-27,32-45,47-50,53-62H,13-17H2,1-4H3/b7-5+,8-6+/t24-,25-,26-,27-,32-,33-,34-,35+,36+,37-,38-,39-,40-,41-,42+,43+,44+,45-,46+/m1/s1. The Bertz CT molecular complexity index is 2230. The molecule has 29 nitrogen and oxygen atoms in total. The topological polar surface area (TPSA) is 437 Å². The number of esters is 2. The van der Waals surface area contributed by atoms with Crippen molar-refractivity contribution in [3.05, 3.63) is 47.5 Å². The van der Waals surface area contributed by atoms with Crippen LogP contribution >= 0.6 is 0 Å². The van der Waals surface area contributed by atoms with Gasteiger partial charge in [0.05, 0.1) is 48.3 Å². The van der Waals surface area contributed by atoms with Crippen LogP contribution in [0.2, 0.25) is 0 Å². The zero-order chi connectivity index (χ0) is 55.1. The van der Waals surface area contributed by atoms with Gasteiger partial charge in [-0.25, -0.2) is 9.59 Å². The fraction of sp³-hybridized carbons (Fsp3) is 0.609. The van der Waals surface area contributed by atoms with Gasteiger partial charge in [0, 0.05) is 12.2 Å². The second-order valence-corrected chi connectivity index (χ2v) is 17.2. The minimum absolute atomic E-state index is 0.000952. The molecule has 4 aliphatic heterocycles. The van der Waals surface area contributed by atoms with E-state index in [1.807, 2.05) is 0 Å². The third-order valence-electron chi connectivity index (χ3n) is 12.5. The normalized spacial score (nSPS) is 36.1. The number of hydrogen-bond acceptors (Lipinski definition) is 29. The molecule has 14 N–H and O–H groups in total. The summed E-state index contributed by atoms with van der Waals surface area (Å²) in [6.07, 6.45) is -31.4. The van der Waals surface area contributed by atoms with Crippen molar-refractivity contribution in [2.24, 2.45) is 0 Å². The average Bonchev–Trinajstić information content (AvgIpc) is 3.67. The Morgan fingerprint density at radius 2 is 0.973 bits per heavy atom. The van der Waals surface area contributed by atoms with Gasteiger partial charge in [-0.2, -0.15) is 0 Å². The number of phenolic OH excluding ortho intramolecular Hbond substituents is 2. The van der Waals surface area contributed by atoms with Crippen molar-refractivity contribution in [3.63, 3.8) is 0 Å². The van der Waals surface area contributed by atoms with Gasteiger partial charge in [-0.1, -0.05) is 0 Å². The van der Waals surface area contributed by atoms with E-state index in [1.54, 1.807) is 0 Å². The first-order valence-electron chi connectivity index (χ1n) is 22.9. The number of ether oxygens (including phenoxy) is 13. The Morgan fingerprint density at radius 3 is 1.47 bits per heavy atom. The summed E-state index contributed by atoms with van der Waals surface area (Å²) in [7, 11) is 5.09. The first kappa shape index (κ1) is 59.1. The van der Waals surface area contributed by atoms with Crippen molar-refractivity contribution in [3.8, 4) is 34.5 Å².